The molecule has 0 saturated carbocycles. The minimum Gasteiger partial charge on any atom is -0.375 e. The van der Waals surface area contributed by atoms with E-state index in [1.54, 1.807) is 42.6 Å². The average molecular weight is 398 g/mol. The number of hydrogen-bond donors (Lipinski definition) is 2. The number of benzene rings is 1. The maximum Gasteiger partial charge on any atom is 0.255 e. The maximum absolute atomic E-state index is 12.6. The number of hydrogen-bond acceptors (Lipinski definition) is 5. The predicted octanol–water partition coefficient (Wildman–Crippen LogP) is -0.331. The molecule has 1 aromatic heterocycles. The van der Waals surface area contributed by atoms with Crippen LogP contribution in [0.1, 0.15) is 16.8 Å². The fraction of sp³-hybridized carbons (Fsp3) is 0.300. The first kappa shape index (κ1) is 20.3. The highest BCUT2D eigenvalue weighted by atomic mass is 16.5. The topological polar surface area (TPSA) is 124 Å². The third-order valence-electron chi connectivity index (χ3n) is 4.78. The summed E-state index contributed by atoms with van der Waals surface area (Å²) >= 11 is 0. The van der Waals surface area contributed by atoms with E-state index in [9.17, 15) is 19.2 Å². The lowest BCUT2D eigenvalue weighted by Gasteiger charge is -2.21. The molecular formula is C20H22N4O5. The van der Waals surface area contributed by atoms with Crippen molar-refractivity contribution in [1.29, 1.82) is 0 Å². The average Bonchev–Trinajstić information content (AvgIpc) is 3.13. The van der Waals surface area contributed by atoms with E-state index in [0.717, 1.165) is 0 Å². The Labute approximate surface area is 167 Å². The number of ether oxygens (including phenoxy) is 1. The minimum absolute atomic E-state index is 0.162. The quantitative estimate of drug-likeness (QED) is 0.690. The number of pyridine rings is 1. The van der Waals surface area contributed by atoms with Gasteiger partial charge in [-0.25, -0.2) is 0 Å². The number of amides is 3. The number of nitrogens with one attached hydrogen (secondary N) is 1. The Bertz CT molecular complexity index is 969. The Morgan fingerprint density at radius 2 is 1.90 bits per heavy atom. The second kappa shape index (κ2) is 8.70. The number of nitrogens with zero attached hydrogens (tertiary/aromatic N) is 2. The highest BCUT2D eigenvalue weighted by molar-refractivity contribution is 5.95. The van der Waals surface area contributed by atoms with Crippen molar-refractivity contribution in [3.63, 3.8) is 0 Å². The van der Waals surface area contributed by atoms with Crippen molar-refractivity contribution in [3.8, 4) is 5.69 Å². The molecule has 29 heavy (non-hydrogen) atoms. The van der Waals surface area contributed by atoms with Gasteiger partial charge in [0.2, 0.25) is 11.8 Å². The summed E-state index contributed by atoms with van der Waals surface area (Å²) in [6, 6.07) is 10.2. The van der Waals surface area contributed by atoms with Crippen LogP contribution in [-0.4, -0.2) is 59.5 Å². The van der Waals surface area contributed by atoms with E-state index >= 15 is 0 Å². The van der Waals surface area contributed by atoms with Crippen molar-refractivity contribution in [2.45, 2.75) is 18.5 Å². The Morgan fingerprint density at radius 3 is 2.52 bits per heavy atom. The zero-order valence-electron chi connectivity index (χ0n) is 15.9. The molecular weight excluding hydrogens is 376 g/mol. The fourth-order valence-electron chi connectivity index (χ4n) is 3.38. The molecule has 9 heteroatoms. The van der Waals surface area contributed by atoms with Crippen LogP contribution in [0, 0.1) is 0 Å². The van der Waals surface area contributed by atoms with Gasteiger partial charge >= 0.3 is 0 Å². The lowest BCUT2D eigenvalue weighted by atomic mass is 10.1. The summed E-state index contributed by atoms with van der Waals surface area (Å²) in [5, 5.41) is 2.83. The maximum atomic E-state index is 12.6. The van der Waals surface area contributed by atoms with Gasteiger partial charge in [0.1, 0.15) is 12.6 Å². The third kappa shape index (κ3) is 4.52. The molecule has 2 unspecified atom stereocenters. The van der Waals surface area contributed by atoms with Crippen molar-refractivity contribution >= 4 is 17.7 Å². The lowest BCUT2D eigenvalue weighted by Crippen LogP contribution is -2.45. The van der Waals surface area contributed by atoms with Gasteiger partial charge < -0.3 is 20.7 Å². The molecule has 3 rings (SSSR count). The van der Waals surface area contributed by atoms with Crippen molar-refractivity contribution in [2.24, 2.45) is 5.73 Å². The van der Waals surface area contributed by atoms with E-state index in [-0.39, 0.29) is 36.9 Å². The van der Waals surface area contributed by atoms with Crippen molar-refractivity contribution in [1.82, 2.24) is 14.8 Å². The fourth-order valence-corrected chi connectivity index (χ4v) is 3.38. The van der Waals surface area contributed by atoms with Crippen LogP contribution in [0.3, 0.4) is 0 Å². The Balaban J connectivity index is 1.68. The second-order valence-electron chi connectivity index (χ2n) is 6.76. The van der Waals surface area contributed by atoms with Gasteiger partial charge in [-0.05, 0) is 36.8 Å². The van der Waals surface area contributed by atoms with Crippen molar-refractivity contribution in [2.75, 3.05) is 20.3 Å². The molecule has 3 N–H and O–H groups in total. The van der Waals surface area contributed by atoms with Gasteiger partial charge in [0.15, 0.2) is 0 Å². The molecule has 9 nitrogen and oxygen atoms in total. The summed E-state index contributed by atoms with van der Waals surface area (Å²) in [6.45, 7) is 0.0177. The summed E-state index contributed by atoms with van der Waals surface area (Å²) < 4.78 is 6.30. The molecule has 2 aromatic rings. The van der Waals surface area contributed by atoms with E-state index in [2.05, 4.69) is 5.32 Å². The molecule has 0 aliphatic carbocycles. The van der Waals surface area contributed by atoms with Crippen LogP contribution in [0.15, 0.2) is 53.5 Å². The molecule has 1 fully saturated rings. The number of aromatic nitrogens is 1. The van der Waals surface area contributed by atoms with E-state index in [1.165, 1.54) is 22.6 Å². The molecule has 2 heterocycles. The van der Waals surface area contributed by atoms with Crippen LogP contribution in [0.25, 0.3) is 5.69 Å². The molecule has 0 spiro atoms. The van der Waals surface area contributed by atoms with Crippen molar-refractivity contribution < 1.29 is 19.1 Å². The van der Waals surface area contributed by atoms with Crippen LogP contribution < -0.4 is 16.6 Å². The third-order valence-corrected chi connectivity index (χ3v) is 4.78. The van der Waals surface area contributed by atoms with E-state index < -0.39 is 18.0 Å². The molecule has 1 aliphatic rings. The smallest absolute Gasteiger partial charge is 0.255 e. The molecule has 1 aromatic carbocycles. The highest BCUT2D eigenvalue weighted by Crippen LogP contribution is 2.19. The van der Waals surface area contributed by atoms with E-state index in [1.807, 2.05) is 0 Å². The largest absolute Gasteiger partial charge is 0.375 e. The number of carbonyl (C=O) groups is 3. The first-order valence-corrected chi connectivity index (χ1v) is 9.07. The van der Waals surface area contributed by atoms with Crippen LogP contribution in [-0.2, 0) is 14.3 Å². The second-order valence-corrected chi connectivity index (χ2v) is 6.76. The zero-order chi connectivity index (χ0) is 21.0. The summed E-state index contributed by atoms with van der Waals surface area (Å²) in [4.78, 5) is 49.6. The summed E-state index contributed by atoms with van der Waals surface area (Å²) in [5.74, 6) is -1.32. The molecule has 152 valence electrons. The van der Waals surface area contributed by atoms with Gasteiger partial charge in [0.05, 0.1) is 0 Å². The molecule has 2 atom stereocenters. The first-order chi connectivity index (χ1) is 13.9. The SMILES string of the molecule is COCC(=O)N1CC(NC(=O)c2ccc(-n3ccccc3=O)cc2)CC1C(N)=O. The van der Waals surface area contributed by atoms with E-state index in [0.29, 0.717) is 11.3 Å². The molecule has 0 bridgehead atoms. The number of primary amides is 1. The van der Waals surface area contributed by atoms with Gasteiger partial charge in [-0.2, -0.15) is 0 Å². The summed E-state index contributed by atoms with van der Waals surface area (Å²) in [7, 11) is 1.39. The Morgan fingerprint density at radius 1 is 1.17 bits per heavy atom. The van der Waals surface area contributed by atoms with Gasteiger partial charge in [0, 0.05) is 43.2 Å². The van der Waals surface area contributed by atoms with Gasteiger partial charge in [0.25, 0.3) is 11.5 Å². The molecule has 1 aliphatic heterocycles. The molecule has 0 radical (unpaired) electrons. The Kier molecular flexibility index (Phi) is 6.08. The minimum atomic E-state index is -0.782. The van der Waals surface area contributed by atoms with Gasteiger partial charge in [-0.15, -0.1) is 0 Å². The normalized spacial score (nSPS) is 18.4. The van der Waals surface area contributed by atoms with Crippen LogP contribution in [0.5, 0.6) is 0 Å². The van der Waals surface area contributed by atoms with Gasteiger partial charge in [-0.1, -0.05) is 6.07 Å². The number of likely N-dealkylation sites (tertiary alicyclic amines) is 1. The lowest BCUT2D eigenvalue weighted by molar-refractivity contribution is -0.140. The first-order valence-electron chi connectivity index (χ1n) is 9.07. The summed E-state index contributed by atoms with van der Waals surface area (Å²) in [6.07, 6.45) is 1.89. The monoisotopic (exact) mass is 398 g/mol. The molecule has 3 amide bonds. The number of methoxy groups -OCH3 is 1. The highest BCUT2D eigenvalue weighted by Gasteiger charge is 2.39. The van der Waals surface area contributed by atoms with E-state index in [4.69, 9.17) is 10.5 Å². The predicted molar refractivity (Wildman–Crippen MR) is 104 cm³/mol. The Hall–Kier alpha value is -3.46. The molecule has 1 saturated heterocycles. The van der Waals surface area contributed by atoms with Crippen LogP contribution in [0.2, 0.25) is 0 Å². The number of rotatable bonds is 6. The zero-order valence-corrected chi connectivity index (χ0v) is 15.9. The standard InChI is InChI=1S/C20H22N4O5/c1-29-12-18(26)24-11-14(10-16(24)19(21)27)22-20(28)13-5-7-15(8-6-13)23-9-3-2-4-17(23)25/h2-9,14,16H,10-12H2,1H3,(H2,21,27)(H,22,28). The number of nitrogens with two attached hydrogens (primary N) is 1. The van der Waals surface area contributed by atoms with Crippen LogP contribution in [0.4, 0.5) is 0 Å². The van der Waals surface area contributed by atoms with Crippen molar-refractivity contribution in [3.05, 3.63) is 64.6 Å². The summed E-state index contributed by atoms with van der Waals surface area (Å²) in [5.41, 5.74) is 6.26. The van der Waals surface area contributed by atoms with Crippen LogP contribution >= 0.6 is 0 Å². The number of carbonyl (C=O) groups excluding carboxylic acids is 3. The van der Waals surface area contributed by atoms with Gasteiger partial charge in [-0.3, -0.25) is 23.7 Å².